The molecule has 0 aliphatic rings. The molecule has 18 heavy (non-hydrogen) atoms. The second-order valence-corrected chi connectivity index (χ2v) is 3.05. The summed E-state index contributed by atoms with van der Waals surface area (Å²) in [6, 6.07) is 0. The third-order valence-corrected chi connectivity index (χ3v) is 1.93. The van der Waals surface area contributed by atoms with E-state index in [0.29, 0.717) is 11.5 Å². The highest BCUT2D eigenvalue weighted by atomic mass is 16.5. The maximum absolute atomic E-state index is 4.92. The zero-order valence-corrected chi connectivity index (χ0v) is 9.81. The fourth-order valence-corrected chi connectivity index (χ4v) is 1.02. The minimum atomic E-state index is 0.204. The van der Waals surface area contributed by atoms with Gasteiger partial charge in [-0.15, -0.1) is 10.2 Å². The Kier molecular flexibility index (Phi) is 3.69. The monoisotopic (exact) mass is 246 g/mol. The number of ether oxygens (including phenoxy) is 2. The fraction of sp³-hybridized carbons (Fsp3) is 0.200. The molecule has 2 rings (SSSR count). The molecule has 0 saturated heterocycles. The standard InChI is InChI=1S/C10H10N6O2/c1-17-7-3-11-9(12-4-7)15-16-10-13-5-8(18-2)6-14-10/h3-6H,1-2H3. The van der Waals surface area contributed by atoms with Gasteiger partial charge in [0.15, 0.2) is 11.5 Å². The van der Waals surface area contributed by atoms with Gasteiger partial charge in [-0.05, 0) is 0 Å². The lowest BCUT2D eigenvalue weighted by Gasteiger charge is -1.97. The molecule has 0 aliphatic carbocycles. The topological polar surface area (TPSA) is 94.7 Å². The third-order valence-electron chi connectivity index (χ3n) is 1.93. The van der Waals surface area contributed by atoms with Crippen molar-refractivity contribution in [3.63, 3.8) is 0 Å². The quantitative estimate of drug-likeness (QED) is 0.762. The van der Waals surface area contributed by atoms with Gasteiger partial charge in [0.25, 0.3) is 11.9 Å². The van der Waals surface area contributed by atoms with E-state index >= 15 is 0 Å². The molecule has 0 aliphatic heterocycles. The number of methoxy groups -OCH3 is 2. The van der Waals surface area contributed by atoms with Gasteiger partial charge in [0.2, 0.25) is 0 Å². The molecule has 2 heterocycles. The first-order valence-corrected chi connectivity index (χ1v) is 4.95. The first-order chi connectivity index (χ1) is 8.81. The first kappa shape index (κ1) is 11.8. The molecule has 0 spiro atoms. The van der Waals surface area contributed by atoms with E-state index in [1.54, 1.807) is 0 Å². The minimum absolute atomic E-state index is 0.204. The SMILES string of the molecule is COc1cnc(N=Nc2ncc(OC)cn2)nc1. The van der Waals surface area contributed by atoms with Gasteiger partial charge in [0.05, 0.1) is 39.0 Å². The van der Waals surface area contributed by atoms with Crippen LogP contribution in [0, 0.1) is 0 Å². The van der Waals surface area contributed by atoms with Crippen molar-refractivity contribution >= 4 is 11.9 Å². The van der Waals surface area contributed by atoms with Crippen LogP contribution in [-0.2, 0) is 0 Å². The smallest absolute Gasteiger partial charge is 0.269 e. The lowest BCUT2D eigenvalue weighted by Crippen LogP contribution is -1.87. The van der Waals surface area contributed by atoms with Crippen molar-refractivity contribution in [3.8, 4) is 11.5 Å². The Bertz CT molecular complexity index is 476. The molecule has 0 atom stereocenters. The predicted octanol–water partition coefficient (Wildman–Crippen LogP) is 1.70. The van der Waals surface area contributed by atoms with Crippen LogP contribution in [0.4, 0.5) is 11.9 Å². The Morgan fingerprint density at radius 1 is 0.722 bits per heavy atom. The van der Waals surface area contributed by atoms with Gasteiger partial charge in [-0.25, -0.2) is 19.9 Å². The molecule has 0 saturated carbocycles. The summed E-state index contributed by atoms with van der Waals surface area (Å²) in [4.78, 5) is 15.7. The highest BCUT2D eigenvalue weighted by molar-refractivity contribution is 5.23. The molecule has 8 nitrogen and oxygen atoms in total. The van der Waals surface area contributed by atoms with Crippen LogP contribution in [0.15, 0.2) is 35.0 Å². The van der Waals surface area contributed by atoms with Crippen LogP contribution in [0.1, 0.15) is 0 Å². The minimum Gasteiger partial charge on any atom is -0.494 e. The van der Waals surface area contributed by atoms with Crippen LogP contribution in [0.2, 0.25) is 0 Å². The van der Waals surface area contributed by atoms with E-state index in [4.69, 9.17) is 9.47 Å². The summed E-state index contributed by atoms with van der Waals surface area (Å²) in [5.41, 5.74) is 0. The summed E-state index contributed by atoms with van der Waals surface area (Å²) < 4.78 is 9.84. The van der Waals surface area contributed by atoms with E-state index in [1.165, 1.54) is 39.0 Å². The molecule has 0 unspecified atom stereocenters. The summed E-state index contributed by atoms with van der Waals surface area (Å²) in [7, 11) is 3.07. The molecule has 0 bridgehead atoms. The van der Waals surface area contributed by atoms with Gasteiger partial charge >= 0.3 is 0 Å². The number of aromatic nitrogens is 4. The first-order valence-electron chi connectivity index (χ1n) is 4.95. The number of hydrogen-bond donors (Lipinski definition) is 0. The van der Waals surface area contributed by atoms with E-state index in [0.717, 1.165) is 0 Å². The summed E-state index contributed by atoms with van der Waals surface area (Å²) in [6.45, 7) is 0. The van der Waals surface area contributed by atoms with Crippen molar-refractivity contribution in [2.75, 3.05) is 14.2 Å². The summed E-state index contributed by atoms with van der Waals surface area (Å²) in [5.74, 6) is 1.51. The van der Waals surface area contributed by atoms with Gasteiger partial charge < -0.3 is 9.47 Å². The molecule has 0 radical (unpaired) electrons. The molecular weight excluding hydrogens is 236 g/mol. The fourth-order valence-electron chi connectivity index (χ4n) is 1.02. The molecule has 0 fully saturated rings. The number of azo groups is 1. The predicted molar refractivity (Wildman–Crippen MR) is 61.3 cm³/mol. The molecule has 0 aromatic carbocycles. The van der Waals surface area contributed by atoms with E-state index in [-0.39, 0.29) is 11.9 Å². The summed E-state index contributed by atoms with van der Waals surface area (Å²) in [5, 5.41) is 7.58. The van der Waals surface area contributed by atoms with Gasteiger partial charge in [-0.3, -0.25) is 0 Å². The van der Waals surface area contributed by atoms with Crippen molar-refractivity contribution in [3.05, 3.63) is 24.8 Å². The molecule has 92 valence electrons. The molecule has 0 amide bonds. The number of rotatable bonds is 4. The lowest BCUT2D eigenvalue weighted by molar-refractivity contribution is 0.410. The molecular formula is C10H10N6O2. The summed E-state index contributed by atoms with van der Waals surface area (Å²) >= 11 is 0. The van der Waals surface area contributed by atoms with Crippen LogP contribution in [0.25, 0.3) is 0 Å². The third kappa shape index (κ3) is 2.94. The van der Waals surface area contributed by atoms with Gasteiger partial charge in [0.1, 0.15) is 0 Å². The second-order valence-electron chi connectivity index (χ2n) is 3.05. The Balaban J connectivity index is 2.08. The lowest BCUT2D eigenvalue weighted by atomic mass is 10.6. The second kappa shape index (κ2) is 5.62. The Morgan fingerprint density at radius 3 is 1.33 bits per heavy atom. The Hall–Kier alpha value is -2.64. The van der Waals surface area contributed by atoms with Crippen LogP contribution in [-0.4, -0.2) is 34.2 Å². The zero-order valence-electron chi connectivity index (χ0n) is 9.81. The molecule has 2 aromatic heterocycles. The molecule has 8 heteroatoms. The largest absolute Gasteiger partial charge is 0.494 e. The van der Waals surface area contributed by atoms with Crippen molar-refractivity contribution in [1.82, 2.24) is 19.9 Å². The van der Waals surface area contributed by atoms with Gasteiger partial charge in [-0.1, -0.05) is 0 Å². The van der Waals surface area contributed by atoms with Crippen LogP contribution in [0.3, 0.4) is 0 Å². The van der Waals surface area contributed by atoms with Crippen molar-refractivity contribution in [2.45, 2.75) is 0 Å². The van der Waals surface area contributed by atoms with Crippen molar-refractivity contribution < 1.29 is 9.47 Å². The number of nitrogens with zero attached hydrogens (tertiary/aromatic N) is 6. The maximum Gasteiger partial charge on any atom is 0.269 e. The van der Waals surface area contributed by atoms with Crippen molar-refractivity contribution in [2.24, 2.45) is 10.2 Å². The molecule has 0 N–H and O–H groups in total. The highest BCUT2D eigenvalue weighted by Crippen LogP contribution is 2.14. The van der Waals surface area contributed by atoms with Crippen LogP contribution < -0.4 is 9.47 Å². The van der Waals surface area contributed by atoms with E-state index in [1.807, 2.05) is 0 Å². The summed E-state index contributed by atoms with van der Waals surface area (Å²) in [6.07, 6.45) is 5.99. The normalized spacial score (nSPS) is 10.6. The average Bonchev–Trinajstić information content (AvgIpc) is 2.46. The Morgan fingerprint density at radius 2 is 1.06 bits per heavy atom. The van der Waals surface area contributed by atoms with Crippen LogP contribution in [0.5, 0.6) is 11.5 Å². The van der Waals surface area contributed by atoms with Gasteiger partial charge in [0, 0.05) is 0 Å². The zero-order chi connectivity index (χ0) is 12.8. The van der Waals surface area contributed by atoms with E-state index in [2.05, 4.69) is 30.2 Å². The van der Waals surface area contributed by atoms with Crippen molar-refractivity contribution in [1.29, 1.82) is 0 Å². The van der Waals surface area contributed by atoms with Crippen LogP contribution >= 0.6 is 0 Å². The van der Waals surface area contributed by atoms with Gasteiger partial charge in [-0.2, -0.15) is 0 Å². The molecule has 2 aromatic rings. The van der Waals surface area contributed by atoms with E-state index in [9.17, 15) is 0 Å². The Labute approximate surface area is 103 Å². The average molecular weight is 246 g/mol. The highest BCUT2D eigenvalue weighted by Gasteiger charge is 1.97. The number of hydrogen-bond acceptors (Lipinski definition) is 8. The maximum atomic E-state index is 4.92. The van der Waals surface area contributed by atoms with E-state index < -0.39 is 0 Å².